The summed E-state index contributed by atoms with van der Waals surface area (Å²) in [5.41, 5.74) is 7.42. The fourth-order valence-electron chi connectivity index (χ4n) is 3.08. The summed E-state index contributed by atoms with van der Waals surface area (Å²) >= 11 is 0. The average Bonchev–Trinajstić information content (AvgIpc) is 2.71. The van der Waals surface area contributed by atoms with Gasteiger partial charge in [-0.15, -0.1) is 0 Å². The molecule has 0 saturated heterocycles. The van der Waals surface area contributed by atoms with E-state index in [1.54, 1.807) is 6.07 Å². The molecule has 0 aromatic heterocycles. The number of rotatable bonds is 5. The second-order valence-corrected chi connectivity index (χ2v) is 6.38. The van der Waals surface area contributed by atoms with Gasteiger partial charge in [0.2, 0.25) is 0 Å². The van der Waals surface area contributed by atoms with E-state index in [1.807, 2.05) is 23.1 Å². The summed E-state index contributed by atoms with van der Waals surface area (Å²) in [5.74, 6) is -0.854. The molecule has 144 valence electrons. The van der Waals surface area contributed by atoms with Gasteiger partial charge in [0.1, 0.15) is 0 Å². The van der Waals surface area contributed by atoms with Crippen LogP contribution in [0.2, 0.25) is 0 Å². The number of hydrazine groups is 1. The third-order valence-corrected chi connectivity index (χ3v) is 4.37. The van der Waals surface area contributed by atoms with Gasteiger partial charge in [-0.2, -0.15) is 0 Å². The molecule has 0 aliphatic carbocycles. The summed E-state index contributed by atoms with van der Waals surface area (Å²) in [6.07, 6.45) is 4.61. The normalized spacial score (nSPS) is 13.1. The van der Waals surface area contributed by atoms with Crippen LogP contribution in [0.5, 0.6) is 0 Å². The van der Waals surface area contributed by atoms with E-state index in [-0.39, 0.29) is 18.1 Å². The van der Waals surface area contributed by atoms with Crippen molar-refractivity contribution in [2.24, 2.45) is 0 Å². The molecule has 28 heavy (non-hydrogen) atoms. The summed E-state index contributed by atoms with van der Waals surface area (Å²) < 4.78 is 0. The van der Waals surface area contributed by atoms with Gasteiger partial charge in [0.05, 0.1) is 11.5 Å². The monoisotopic (exact) mass is 380 g/mol. The van der Waals surface area contributed by atoms with Crippen LogP contribution in [0.4, 0.5) is 11.4 Å². The van der Waals surface area contributed by atoms with E-state index in [0.29, 0.717) is 5.56 Å². The second kappa shape index (κ2) is 8.81. The van der Waals surface area contributed by atoms with Crippen LogP contribution < -0.4 is 15.8 Å². The highest BCUT2D eigenvalue weighted by Gasteiger charge is 2.18. The van der Waals surface area contributed by atoms with E-state index in [4.69, 9.17) is 0 Å². The molecule has 1 aliphatic heterocycles. The molecule has 2 aromatic rings. The maximum Gasteiger partial charge on any atom is 0.270 e. The van der Waals surface area contributed by atoms with Crippen molar-refractivity contribution in [1.82, 2.24) is 10.9 Å². The van der Waals surface area contributed by atoms with Gasteiger partial charge in [-0.05, 0) is 36.1 Å². The van der Waals surface area contributed by atoms with Crippen LogP contribution in [0.15, 0.2) is 54.6 Å². The lowest BCUT2D eigenvalue weighted by molar-refractivity contribution is -0.384. The molecule has 0 spiro atoms. The second-order valence-electron chi connectivity index (χ2n) is 6.38. The standard InChI is InChI=1S/C20H20N4O4/c25-19(11-10-15-5-3-8-17(13-15)24(27)28)21-22-20(26)14-23-12-4-7-16-6-1-2-9-18(16)23/h1-3,5-6,8-11,13H,4,7,12,14H2,(H,21,25)(H,22,26)/b11-10+. The van der Waals surface area contributed by atoms with Crippen molar-refractivity contribution in [3.8, 4) is 0 Å². The number of nitro groups is 1. The largest absolute Gasteiger partial charge is 0.362 e. The van der Waals surface area contributed by atoms with Crippen molar-refractivity contribution in [3.63, 3.8) is 0 Å². The molecule has 1 aliphatic rings. The number of carbonyl (C=O) groups is 2. The minimum absolute atomic E-state index is 0.0577. The Hall–Kier alpha value is -3.68. The molecule has 0 atom stereocenters. The molecule has 1 heterocycles. The first-order valence-electron chi connectivity index (χ1n) is 8.87. The highest BCUT2D eigenvalue weighted by molar-refractivity contribution is 5.93. The fourth-order valence-corrected chi connectivity index (χ4v) is 3.08. The first-order chi connectivity index (χ1) is 13.5. The number of carbonyl (C=O) groups excluding carboxylic acids is 2. The van der Waals surface area contributed by atoms with E-state index < -0.39 is 10.8 Å². The molecule has 0 fully saturated rings. The maximum atomic E-state index is 12.2. The molecule has 2 amide bonds. The molecule has 0 radical (unpaired) electrons. The highest BCUT2D eigenvalue weighted by atomic mass is 16.6. The van der Waals surface area contributed by atoms with Crippen molar-refractivity contribution in [3.05, 3.63) is 75.8 Å². The molecule has 0 unspecified atom stereocenters. The lowest BCUT2D eigenvalue weighted by Gasteiger charge is -2.30. The molecule has 8 nitrogen and oxygen atoms in total. The van der Waals surface area contributed by atoms with Crippen LogP contribution >= 0.6 is 0 Å². The molecule has 0 bridgehead atoms. The zero-order valence-electron chi connectivity index (χ0n) is 15.1. The van der Waals surface area contributed by atoms with Crippen LogP contribution in [0.25, 0.3) is 6.08 Å². The number of benzene rings is 2. The first kappa shape index (κ1) is 19.1. The van der Waals surface area contributed by atoms with Gasteiger partial charge in [-0.25, -0.2) is 0 Å². The molecule has 0 saturated carbocycles. The van der Waals surface area contributed by atoms with E-state index >= 15 is 0 Å². The van der Waals surface area contributed by atoms with Crippen LogP contribution in [-0.4, -0.2) is 29.8 Å². The van der Waals surface area contributed by atoms with Gasteiger partial charge >= 0.3 is 0 Å². The summed E-state index contributed by atoms with van der Waals surface area (Å²) in [5, 5.41) is 10.8. The number of fused-ring (bicyclic) bond motifs is 1. The molecule has 2 N–H and O–H groups in total. The van der Waals surface area contributed by atoms with Gasteiger partial charge in [0, 0.05) is 30.4 Å². The predicted octanol–water partition coefficient (Wildman–Crippen LogP) is 2.21. The Morgan fingerprint density at radius 2 is 1.96 bits per heavy atom. The minimum Gasteiger partial charge on any atom is -0.362 e. The summed E-state index contributed by atoms with van der Waals surface area (Å²) in [6, 6.07) is 13.9. The number of anilines is 1. The number of nitro benzene ring substituents is 1. The zero-order chi connectivity index (χ0) is 19.9. The Bertz CT molecular complexity index is 926. The summed E-state index contributed by atoms with van der Waals surface area (Å²) in [6.45, 7) is 0.928. The number of para-hydroxylation sites is 1. The number of amides is 2. The summed E-state index contributed by atoms with van der Waals surface area (Å²) in [7, 11) is 0. The van der Waals surface area contributed by atoms with E-state index in [2.05, 4.69) is 16.9 Å². The summed E-state index contributed by atoms with van der Waals surface area (Å²) in [4.78, 5) is 36.3. The topological polar surface area (TPSA) is 105 Å². The Morgan fingerprint density at radius 1 is 1.14 bits per heavy atom. The van der Waals surface area contributed by atoms with Gasteiger partial charge < -0.3 is 4.90 Å². The van der Waals surface area contributed by atoms with Crippen LogP contribution in [0, 0.1) is 10.1 Å². The molecule has 2 aromatic carbocycles. The van der Waals surface area contributed by atoms with E-state index in [9.17, 15) is 19.7 Å². The first-order valence-corrected chi connectivity index (χ1v) is 8.87. The SMILES string of the molecule is O=C(/C=C/c1cccc([N+](=O)[O-])c1)NNC(=O)CN1CCCc2ccccc21. The Kier molecular flexibility index (Phi) is 6.01. The van der Waals surface area contributed by atoms with Gasteiger partial charge in [0.25, 0.3) is 17.5 Å². The highest BCUT2D eigenvalue weighted by Crippen LogP contribution is 2.26. The molecule has 3 rings (SSSR count). The van der Waals surface area contributed by atoms with Gasteiger partial charge in [0.15, 0.2) is 0 Å². The maximum absolute atomic E-state index is 12.2. The predicted molar refractivity (Wildman–Crippen MR) is 105 cm³/mol. The number of non-ortho nitro benzene ring substituents is 1. The fraction of sp³-hybridized carbons (Fsp3) is 0.200. The lowest BCUT2D eigenvalue weighted by Crippen LogP contribution is -2.47. The number of hydrogen-bond donors (Lipinski definition) is 2. The molecule has 8 heteroatoms. The number of nitrogens with one attached hydrogen (secondary N) is 2. The number of nitrogens with zero attached hydrogens (tertiary/aromatic N) is 2. The van der Waals surface area contributed by atoms with E-state index in [0.717, 1.165) is 25.1 Å². The van der Waals surface area contributed by atoms with Crippen LogP contribution in [-0.2, 0) is 16.0 Å². The van der Waals surface area contributed by atoms with Crippen LogP contribution in [0.1, 0.15) is 17.5 Å². The van der Waals surface area contributed by atoms with Gasteiger partial charge in [-0.1, -0.05) is 30.3 Å². The Balaban J connectivity index is 1.50. The average molecular weight is 380 g/mol. The van der Waals surface area contributed by atoms with Crippen molar-refractivity contribution in [2.45, 2.75) is 12.8 Å². The number of hydrogen-bond acceptors (Lipinski definition) is 5. The quantitative estimate of drug-likeness (QED) is 0.470. The number of aryl methyl sites for hydroxylation is 1. The zero-order valence-corrected chi connectivity index (χ0v) is 15.1. The Morgan fingerprint density at radius 3 is 2.79 bits per heavy atom. The minimum atomic E-state index is -0.529. The van der Waals surface area contributed by atoms with Crippen molar-refractivity contribution >= 4 is 29.3 Å². The third-order valence-electron chi connectivity index (χ3n) is 4.37. The van der Waals surface area contributed by atoms with E-state index in [1.165, 1.54) is 35.9 Å². The third kappa shape index (κ3) is 4.94. The van der Waals surface area contributed by atoms with Crippen molar-refractivity contribution in [1.29, 1.82) is 0 Å². The van der Waals surface area contributed by atoms with Crippen molar-refractivity contribution in [2.75, 3.05) is 18.0 Å². The van der Waals surface area contributed by atoms with Crippen LogP contribution in [0.3, 0.4) is 0 Å². The Labute approximate surface area is 162 Å². The molecular formula is C20H20N4O4. The molecular weight excluding hydrogens is 360 g/mol. The van der Waals surface area contributed by atoms with Crippen molar-refractivity contribution < 1.29 is 14.5 Å². The smallest absolute Gasteiger partial charge is 0.270 e. The lowest BCUT2D eigenvalue weighted by atomic mass is 10.0. The van der Waals surface area contributed by atoms with Gasteiger partial charge in [-0.3, -0.25) is 30.6 Å².